The second-order valence-corrected chi connectivity index (χ2v) is 6.39. The molecule has 23 heavy (non-hydrogen) atoms. The maximum Gasteiger partial charge on any atom is 0.331 e. The molecule has 1 heterocycles. The van der Waals surface area contributed by atoms with Gasteiger partial charge in [-0.1, -0.05) is 11.6 Å². The molecule has 6 heteroatoms. The van der Waals surface area contributed by atoms with Gasteiger partial charge in [0.1, 0.15) is 5.75 Å². The van der Waals surface area contributed by atoms with Crippen molar-refractivity contribution in [3.63, 3.8) is 0 Å². The van der Waals surface area contributed by atoms with Gasteiger partial charge in [0.25, 0.3) is 0 Å². The van der Waals surface area contributed by atoms with Gasteiger partial charge in [0.2, 0.25) is 0 Å². The fourth-order valence-corrected chi connectivity index (χ4v) is 2.84. The van der Waals surface area contributed by atoms with Crippen LogP contribution in [-0.2, 0) is 9.53 Å². The molecule has 120 valence electrons. The summed E-state index contributed by atoms with van der Waals surface area (Å²) in [6, 6.07) is 8.53. The largest absolute Gasteiger partial charge is 0.495 e. The van der Waals surface area contributed by atoms with Crippen molar-refractivity contribution < 1.29 is 19.1 Å². The van der Waals surface area contributed by atoms with Crippen LogP contribution in [0.2, 0.25) is 5.02 Å². The minimum Gasteiger partial charge on any atom is -0.495 e. The molecule has 0 saturated heterocycles. The topological polar surface area (TPSA) is 52.6 Å². The lowest BCUT2D eigenvalue weighted by Gasteiger charge is -2.05. The number of benzene rings is 1. The van der Waals surface area contributed by atoms with Gasteiger partial charge in [-0.2, -0.15) is 0 Å². The average Bonchev–Trinajstić information content (AvgIpc) is 2.96. The number of Topliss-reactive ketones (excluding diaryl/α,β-unsaturated/α-hetero) is 1. The summed E-state index contributed by atoms with van der Waals surface area (Å²) >= 11 is 7.53. The van der Waals surface area contributed by atoms with Gasteiger partial charge in [-0.15, -0.1) is 11.3 Å². The Morgan fingerprint density at radius 2 is 2.04 bits per heavy atom. The number of thiophene rings is 1. The average molecular weight is 351 g/mol. The zero-order chi connectivity index (χ0) is 16.8. The van der Waals surface area contributed by atoms with Gasteiger partial charge in [-0.05, 0) is 43.3 Å². The summed E-state index contributed by atoms with van der Waals surface area (Å²) in [6.45, 7) is 1.65. The molecule has 2 aromatic rings. The molecular formula is C17H15ClO4S. The number of ether oxygens (including phenoxy) is 2. The summed E-state index contributed by atoms with van der Waals surface area (Å²) in [6.07, 6.45) is 2.97. The lowest BCUT2D eigenvalue weighted by molar-refractivity contribution is -0.136. The Balaban J connectivity index is 1.89. The minimum absolute atomic E-state index is 0.330. The standard InChI is InChI=1S/C17H15ClO4S/c1-11-3-5-13(23-11)6-8-17(20)22-10-15(19)12-4-7-16(21-2)14(18)9-12/h3-9H,10H2,1-2H3/b8-6+. The third-order valence-electron chi connectivity index (χ3n) is 2.96. The van der Waals surface area contributed by atoms with Gasteiger partial charge in [0, 0.05) is 21.4 Å². The van der Waals surface area contributed by atoms with Crippen LogP contribution in [0, 0.1) is 6.92 Å². The van der Waals surface area contributed by atoms with Crippen LogP contribution in [0.3, 0.4) is 0 Å². The quantitative estimate of drug-likeness (QED) is 0.446. The fourth-order valence-electron chi connectivity index (χ4n) is 1.80. The fraction of sp³-hybridized carbons (Fsp3) is 0.176. The molecule has 1 aromatic heterocycles. The number of hydrogen-bond donors (Lipinski definition) is 0. The molecule has 4 nitrogen and oxygen atoms in total. The van der Waals surface area contributed by atoms with Gasteiger partial charge in [-0.3, -0.25) is 4.79 Å². The molecule has 0 bridgehead atoms. The number of halogens is 1. The Kier molecular flexibility index (Phi) is 5.96. The highest BCUT2D eigenvalue weighted by molar-refractivity contribution is 7.12. The molecule has 0 radical (unpaired) electrons. The Labute approximate surface area is 143 Å². The van der Waals surface area contributed by atoms with E-state index >= 15 is 0 Å². The van der Waals surface area contributed by atoms with E-state index in [0.29, 0.717) is 16.3 Å². The number of rotatable bonds is 6. The third-order valence-corrected chi connectivity index (χ3v) is 4.23. The molecule has 0 saturated carbocycles. The lowest BCUT2D eigenvalue weighted by Crippen LogP contribution is -2.12. The molecular weight excluding hydrogens is 336 g/mol. The van der Waals surface area contributed by atoms with E-state index < -0.39 is 5.97 Å². The lowest BCUT2D eigenvalue weighted by atomic mass is 10.1. The predicted molar refractivity (Wildman–Crippen MR) is 91.4 cm³/mol. The zero-order valence-corrected chi connectivity index (χ0v) is 14.2. The van der Waals surface area contributed by atoms with Crippen LogP contribution in [0.4, 0.5) is 0 Å². The highest BCUT2D eigenvalue weighted by Crippen LogP contribution is 2.25. The minimum atomic E-state index is -0.566. The van der Waals surface area contributed by atoms with Crippen molar-refractivity contribution in [3.8, 4) is 5.75 Å². The summed E-state index contributed by atoms with van der Waals surface area (Å²) < 4.78 is 9.96. The summed E-state index contributed by atoms with van der Waals surface area (Å²) in [5.74, 6) is -0.415. The third kappa shape index (κ3) is 4.94. The smallest absolute Gasteiger partial charge is 0.331 e. The summed E-state index contributed by atoms with van der Waals surface area (Å²) in [4.78, 5) is 25.7. The summed E-state index contributed by atoms with van der Waals surface area (Å²) in [5.41, 5.74) is 0.362. The number of methoxy groups -OCH3 is 1. The van der Waals surface area contributed by atoms with Gasteiger partial charge in [0.15, 0.2) is 12.4 Å². The summed E-state index contributed by atoms with van der Waals surface area (Å²) in [7, 11) is 1.49. The van der Waals surface area contributed by atoms with Crippen LogP contribution in [0.25, 0.3) is 6.08 Å². The molecule has 0 N–H and O–H groups in total. The van der Waals surface area contributed by atoms with Gasteiger partial charge >= 0.3 is 5.97 Å². The number of hydrogen-bond acceptors (Lipinski definition) is 5. The van der Waals surface area contributed by atoms with Gasteiger partial charge in [0.05, 0.1) is 12.1 Å². The van der Waals surface area contributed by atoms with Crippen molar-refractivity contribution in [3.05, 3.63) is 56.7 Å². The molecule has 2 rings (SSSR count). The second kappa shape index (κ2) is 7.94. The molecule has 0 aliphatic heterocycles. The van der Waals surface area contributed by atoms with Crippen molar-refractivity contribution >= 4 is 40.8 Å². The predicted octanol–water partition coefficient (Wildman–Crippen LogP) is 4.16. The second-order valence-electron chi connectivity index (χ2n) is 4.66. The highest BCUT2D eigenvalue weighted by atomic mass is 35.5. The number of ketones is 1. The molecule has 0 aliphatic carbocycles. The van der Waals surface area contributed by atoms with Crippen molar-refractivity contribution in [2.45, 2.75) is 6.92 Å². The highest BCUT2D eigenvalue weighted by Gasteiger charge is 2.11. The first kappa shape index (κ1) is 17.2. The molecule has 0 fully saturated rings. The van der Waals surface area contributed by atoms with E-state index in [2.05, 4.69) is 0 Å². The number of aryl methyl sites for hydroxylation is 1. The van der Waals surface area contributed by atoms with Crippen molar-refractivity contribution in [1.82, 2.24) is 0 Å². The van der Waals surface area contributed by atoms with E-state index in [1.54, 1.807) is 29.5 Å². The van der Waals surface area contributed by atoms with E-state index in [9.17, 15) is 9.59 Å². The molecule has 0 spiro atoms. The number of carbonyl (C=O) groups is 2. The van der Waals surface area contributed by atoms with Crippen LogP contribution in [0.15, 0.2) is 36.4 Å². The van der Waals surface area contributed by atoms with Crippen LogP contribution in [0.1, 0.15) is 20.1 Å². The van der Waals surface area contributed by atoms with Crippen molar-refractivity contribution in [1.29, 1.82) is 0 Å². The molecule has 1 aromatic carbocycles. The summed E-state index contributed by atoms with van der Waals surface area (Å²) in [5, 5.41) is 0.331. The van der Waals surface area contributed by atoms with Gasteiger partial charge in [-0.25, -0.2) is 4.79 Å². The van der Waals surface area contributed by atoms with E-state index in [1.807, 2.05) is 19.1 Å². The first-order valence-corrected chi connectivity index (χ1v) is 7.97. The normalized spacial score (nSPS) is 10.7. The zero-order valence-electron chi connectivity index (χ0n) is 12.7. The van der Waals surface area contributed by atoms with E-state index in [-0.39, 0.29) is 12.4 Å². The van der Waals surface area contributed by atoms with Crippen LogP contribution in [-0.4, -0.2) is 25.5 Å². The maximum absolute atomic E-state index is 12.0. The number of esters is 1. The van der Waals surface area contributed by atoms with Gasteiger partial charge < -0.3 is 9.47 Å². The van der Waals surface area contributed by atoms with E-state index in [4.69, 9.17) is 21.1 Å². The molecule has 0 amide bonds. The van der Waals surface area contributed by atoms with Crippen LogP contribution >= 0.6 is 22.9 Å². The monoisotopic (exact) mass is 350 g/mol. The Bertz CT molecular complexity index is 749. The molecule has 0 unspecified atom stereocenters. The Hall–Kier alpha value is -2.11. The SMILES string of the molecule is COc1ccc(C(=O)COC(=O)/C=C/c2ccc(C)s2)cc1Cl. The van der Waals surface area contributed by atoms with Crippen LogP contribution < -0.4 is 4.74 Å². The van der Waals surface area contributed by atoms with Crippen molar-refractivity contribution in [2.24, 2.45) is 0 Å². The molecule has 0 atom stereocenters. The molecule has 0 aliphatic rings. The first-order valence-electron chi connectivity index (χ1n) is 6.77. The Morgan fingerprint density at radius 3 is 2.65 bits per heavy atom. The van der Waals surface area contributed by atoms with Crippen LogP contribution in [0.5, 0.6) is 5.75 Å². The first-order chi connectivity index (χ1) is 11.0. The maximum atomic E-state index is 12.0. The van der Waals surface area contributed by atoms with E-state index in [1.165, 1.54) is 19.3 Å². The Morgan fingerprint density at radius 1 is 1.26 bits per heavy atom. The van der Waals surface area contributed by atoms with Crippen molar-refractivity contribution in [2.75, 3.05) is 13.7 Å². The number of carbonyl (C=O) groups excluding carboxylic acids is 2. The van der Waals surface area contributed by atoms with E-state index in [0.717, 1.165) is 9.75 Å².